The van der Waals surface area contributed by atoms with Gasteiger partial charge in [-0.2, -0.15) is 12.6 Å². The van der Waals surface area contributed by atoms with Gasteiger partial charge in [0.1, 0.15) is 0 Å². The SMILES string of the molecule is O=C1CCC(N2Cc3cc(SC4CCNC4)ccc3C2S)C(=O)N1. The molecule has 0 aromatic heterocycles. The number of carbonyl (C=O) groups is 2. The maximum Gasteiger partial charge on any atom is 0.243 e. The summed E-state index contributed by atoms with van der Waals surface area (Å²) in [6.45, 7) is 2.89. The van der Waals surface area contributed by atoms with Gasteiger partial charge in [-0.1, -0.05) is 6.07 Å². The van der Waals surface area contributed by atoms with Crippen molar-refractivity contribution in [3.8, 4) is 0 Å². The van der Waals surface area contributed by atoms with E-state index in [4.69, 9.17) is 12.6 Å². The van der Waals surface area contributed by atoms with E-state index in [0.717, 1.165) is 13.1 Å². The number of nitrogens with one attached hydrogen (secondary N) is 2. The molecule has 0 aliphatic carbocycles. The van der Waals surface area contributed by atoms with Crippen molar-refractivity contribution in [3.63, 3.8) is 0 Å². The number of piperidine rings is 1. The van der Waals surface area contributed by atoms with Crippen molar-refractivity contribution < 1.29 is 9.59 Å². The summed E-state index contributed by atoms with van der Waals surface area (Å²) >= 11 is 6.66. The third kappa shape index (κ3) is 3.10. The van der Waals surface area contributed by atoms with Gasteiger partial charge in [0.25, 0.3) is 0 Å². The van der Waals surface area contributed by atoms with Gasteiger partial charge in [-0.3, -0.25) is 19.8 Å². The predicted molar refractivity (Wildman–Crippen MR) is 97.0 cm³/mol. The van der Waals surface area contributed by atoms with Crippen LogP contribution in [0.2, 0.25) is 0 Å². The topological polar surface area (TPSA) is 61.4 Å². The zero-order chi connectivity index (χ0) is 16.7. The van der Waals surface area contributed by atoms with E-state index in [-0.39, 0.29) is 23.2 Å². The Morgan fingerprint density at radius 1 is 1.25 bits per heavy atom. The van der Waals surface area contributed by atoms with Crippen molar-refractivity contribution in [1.82, 2.24) is 15.5 Å². The summed E-state index contributed by atoms with van der Waals surface area (Å²) < 4.78 is 0. The van der Waals surface area contributed by atoms with E-state index in [2.05, 4.69) is 33.7 Å². The molecular weight excluding hydrogens is 342 g/mol. The summed E-state index contributed by atoms with van der Waals surface area (Å²) in [5.41, 5.74) is 2.42. The van der Waals surface area contributed by atoms with E-state index in [1.54, 1.807) is 0 Å². The number of thiol groups is 1. The van der Waals surface area contributed by atoms with E-state index in [1.165, 1.54) is 22.4 Å². The molecule has 128 valence electrons. The molecule has 2 amide bonds. The number of hydrogen-bond donors (Lipinski definition) is 3. The Morgan fingerprint density at radius 2 is 2.12 bits per heavy atom. The average Bonchev–Trinajstić information content (AvgIpc) is 3.16. The quantitative estimate of drug-likeness (QED) is 0.564. The lowest BCUT2D eigenvalue weighted by molar-refractivity contribution is -0.137. The van der Waals surface area contributed by atoms with Gasteiger partial charge in [0, 0.05) is 29.7 Å². The molecule has 3 aliphatic rings. The van der Waals surface area contributed by atoms with Gasteiger partial charge in [-0.05, 0) is 42.6 Å². The molecule has 2 N–H and O–H groups in total. The normalized spacial score (nSPS) is 30.5. The molecular formula is C17H21N3O2S2. The summed E-state index contributed by atoms with van der Waals surface area (Å²) in [4.78, 5) is 26.9. The Hall–Kier alpha value is -1.02. The third-order valence-corrected chi connectivity index (χ3v) is 6.82. The zero-order valence-electron chi connectivity index (χ0n) is 13.3. The van der Waals surface area contributed by atoms with E-state index in [1.807, 2.05) is 11.8 Å². The molecule has 24 heavy (non-hydrogen) atoms. The summed E-state index contributed by atoms with van der Waals surface area (Å²) in [5.74, 6) is -0.364. The molecule has 3 unspecified atom stereocenters. The molecule has 7 heteroatoms. The van der Waals surface area contributed by atoms with Crippen LogP contribution in [0.5, 0.6) is 0 Å². The maximum absolute atomic E-state index is 12.2. The maximum atomic E-state index is 12.2. The highest BCUT2D eigenvalue weighted by atomic mass is 32.2. The fourth-order valence-electron chi connectivity index (χ4n) is 3.71. The van der Waals surface area contributed by atoms with E-state index in [9.17, 15) is 9.59 Å². The first kappa shape index (κ1) is 16.4. The molecule has 3 atom stereocenters. The fourth-order valence-corrected chi connectivity index (χ4v) is 5.38. The molecule has 3 heterocycles. The van der Waals surface area contributed by atoms with Gasteiger partial charge < -0.3 is 5.32 Å². The van der Waals surface area contributed by atoms with Crippen molar-refractivity contribution >= 4 is 36.2 Å². The van der Waals surface area contributed by atoms with Crippen LogP contribution in [-0.2, 0) is 16.1 Å². The number of rotatable bonds is 3. The van der Waals surface area contributed by atoms with Crippen molar-refractivity contribution in [1.29, 1.82) is 0 Å². The molecule has 0 radical (unpaired) electrons. The number of amides is 2. The van der Waals surface area contributed by atoms with E-state index in [0.29, 0.717) is 24.6 Å². The Labute approximate surface area is 151 Å². The molecule has 2 fully saturated rings. The van der Waals surface area contributed by atoms with Gasteiger partial charge in [-0.15, -0.1) is 11.8 Å². The van der Waals surface area contributed by atoms with Crippen molar-refractivity contribution in [3.05, 3.63) is 29.3 Å². The van der Waals surface area contributed by atoms with Crippen LogP contribution in [0.1, 0.15) is 35.8 Å². The largest absolute Gasteiger partial charge is 0.316 e. The predicted octanol–water partition coefficient (Wildman–Crippen LogP) is 1.69. The third-order valence-electron chi connectivity index (χ3n) is 4.99. The van der Waals surface area contributed by atoms with E-state index >= 15 is 0 Å². The van der Waals surface area contributed by atoms with Gasteiger partial charge >= 0.3 is 0 Å². The monoisotopic (exact) mass is 363 g/mol. The van der Waals surface area contributed by atoms with Gasteiger partial charge in [0.2, 0.25) is 11.8 Å². The molecule has 1 aromatic carbocycles. The van der Waals surface area contributed by atoms with E-state index < -0.39 is 0 Å². The summed E-state index contributed by atoms with van der Waals surface area (Å²) in [6.07, 6.45) is 2.18. The van der Waals surface area contributed by atoms with Gasteiger partial charge in [0.15, 0.2) is 0 Å². The highest BCUT2D eigenvalue weighted by molar-refractivity contribution is 8.00. The smallest absolute Gasteiger partial charge is 0.243 e. The minimum atomic E-state index is -0.271. The second-order valence-electron chi connectivity index (χ2n) is 6.61. The first-order valence-electron chi connectivity index (χ1n) is 8.39. The highest BCUT2D eigenvalue weighted by Gasteiger charge is 2.39. The summed E-state index contributed by atoms with van der Waals surface area (Å²) in [7, 11) is 0. The average molecular weight is 364 g/mol. The molecule has 0 spiro atoms. The second kappa shape index (κ2) is 6.71. The van der Waals surface area contributed by atoms with Crippen LogP contribution in [0, 0.1) is 0 Å². The van der Waals surface area contributed by atoms with Gasteiger partial charge in [0.05, 0.1) is 11.4 Å². The van der Waals surface area contributed by atoms with Crippen LogP contribution in [0.3, 0.4) is 0 Å². The molecule has 2 saturated heterocycles. The van der Waals surface area contributed by atoms with Crippen LogP contribution in [0.15, 0.2) is 23.1 Å². The van der Waals surface area contributed by atoms with Crippen LogP contribution in [-0.4, -0.2) is 41.1 Å². The van der Waals surface area contributed by atoms with Crippen LogP contribution < -0.4 is 10.6 Å². The Balaban J connectivity index is 1.50. The minimum absolute atomic E-state index is 0.0869. The number of benzene rings is 1. The van der Waals surface area contributed by atoms with Crippen molar-refractivity contribution in [2.75, 3.05) is 13.1 Å². The molecule has 0 saturated carbocycles. The lowest BCUT2D eigenvalue weighted by Crippen LogP contribution is -2.51. The number of thioether (sulfide) groups is 1. The first-order valence-corrected chi connectivity index (χ1v) is 9.79. The molecule has 1 aromatic rings. The number of carbonyl (C=O) groups excluding carboxylic acids is 2. The molecule has 0 bridgehead atoms. The number of nitrogens with zero attached hydrogens (tertiary/aromatic N) is 1. The standard InChI is InChI=1S/C17H21N3O2S2/c21-15-4-3-14(16(22)19-15)20-9-10-7-11(1-2-13(10)17(20)23)24-12-5-6-18-8-12/h1-2,7,12,14,17-18,23H,3-6,8-9H2,(H,19,21,22). The highest BCUT2D eigenvalue weighted by Crippen LogP contribution is 2.41. The molecule has 3 aliphatic heterocycles. The zero-order valence-corrected chi connectivity index (χ0v) is 15.0. The number of hydrogen-bond acceptors (Lipinski definition) is 6. The number of fused-ring (bicyclic) bond motifs is 1. The fraction of sp³-hybridized carbons (Fsp3) is 0.529. The van der Waals surface area contributed by atoms with Crippen molar-refractivity contribution in [2.24, 2.45) is 0 Å². The Kier molecular flexibility index (Phi) is 4.60. The van der Waals surface area contributed by atoms with Gasteiger partial charge in [-0.25, -0.2) is 0 Å². The van der Waals surface area contributed by atoms with Crippen LogP contribution in [0.25, 0.3) is 0 Å². The summed E-state index contributed by atoms with van der Waals surface area (Å²) in [5, 5.41) is 6.40. The Bertz CT molecular complexity index is 676. The second-order valence-corrected chi connectivity index (χ2v) is 8.47. The van der Waals surface area contributed by atoms with Crippen LogP contribution in [0.4, 0.5) is 0 Å². The Morgan fingerprint density at radius 3 is 2.88 bits per heavy atom. The molecule has 5 nitrogen and oxygen atoms in total. The van der Waals surface area contributed by atoms with Crippen molar-refractivity contribution in [2.45, 2.75) is 47.4 Å². The lowest BCUT2D eigenvalue weighted by Gasteiger charge is -2.32. The number of imide groups is 1. The molecule has 4 rings (SSSR count). The first-order chi connectivity index (χ1) is 11.6. The summed E-state index contributed by atoms with van der Waals surface area (Å²) in [6, 6.07) is 6.28. The minimum Gasteiger partial charge on any atom is -0.316 e. The van der Waals surface area contributed by atoms with Crippen LogP contribution >= 0.6 is 24.4 Å². The lowest BCUT2D eigenvalue weighted by atomic mass is 10.0.